The number of carboxylic acids is 1. The van der Waals surface area contributed by atoms with Gasteiger partial charge >= 0.3 is 5.97 Å². The van der Waals surface area contributed by atoms with E-state index in [2.05, 4.69) is 54.7 Å². The van der Waals surface area contributed by atoms with Gasteiger partial charge < -0.3 is 20.6 Å². The number of hydrogen-bond donors (Lipinski definition) is 6. The Morgan fingerprint density at radius 2 is 1.22 bits per heavy atom. The van der Waals surface area contributed by atoms with Gasteiger partial charge in [0.05, 0.1) is 57.4 Å². The Morgan fingerprint density at radius 3 is 1.88 bits per heavy atom. The highest BCUT2D eigenvalue weighted by molar-refractivity contribution is 7.94. The van der Waals surface area contributed by atoms with Crippen LogP contribution in [0.25, 0.3) is 10.8 Å². The van der Waals surface area contributed by atoms with Crippen LogP contribution in [-0.2, 0) is 18.7 Å². The van der Waals surface area contributed by atoms with Crippen LogP contribution in [0.4, 0.5) is 39.8 Å². The fourth-order valence-corrected chi connectivity index (χ4v) is 6.09. The van der Waals surface area contributed by atoms with Crippen LogP contribution >= 0.6 is 24.1 Å². The maximum Gasteiger partial charge on any atom is 0.339 e. The second kappa shape index (κ2) is 19.0. The van der Waals surface area contributed by atoms with Crippen molar-refractivity contribution in [2.24, 2.45) is 30.7 Å². The highest BCUT2D eigenvalue weighted by Crippen LogP contribution is 2.45. The van der Waals surface area contributed by atoms with Crippen LogP contribution in [0.2, 0.25) is 0 Å². The number of rotatable bonds is 15. The lowest BCUT2D eigenvalue weighted by Gasteiger charge is -2.10. The van der Waals surface area contributed by atoms with Crippen molar-refractivity contribution in [3.8, 4) is 11.5 Å². The second-order valence-corrected chi connectivity index (χ2v) is 13.5. The number of nitrogens with zero attached hydrogens (tertiary/aromatic N) is 6. The Morgan fingerprint density at radius 1 is 0.638 bits per heavy atom. The van der Waals surface area contributed by atoms with Gasteiger partial charge in [-0.3, -0.25) is 4.79 Å². The number of aryl methyl sites for hydroxylation is 2. The van der Waals surface area contributed by atoms with Crippen LogP contribution in [0.5, 0.6) is 11.5 Å². The lowest BCUT2D eigenvalue weighted by Crippen LogP contribution is -2.11. The van der Waals surface area contributed by atoms with Crippen molar-refractivity contribution in [3.05, 3.63) is 125 Å². The molecule has 0 saturated heterocycles. The van der Waals surface area contributed by atoms with E-state index in [0.717, 1.165) is 17.6 Å². The van der Waals surface area contributed by atoms with E-state index in [9.17, 15) is 24.9 Å². The molecular formula is C38H29N7O11S2. The van der Waals surface area contributed by atoms with Crippen molar-refractivity contribution in [3.63, 3.8) is 0 Å². The summed E-state index contributed by atoms with van der Waals surface area (Å²) in [6, 6.07) is 26.9. The predicted molar refractivity (Wildman–Crippen MR) is 211 cm³/mol. The smallest absolute Gasteiger partial charge is 0.339 e. The largest absolute Gasteiger partial charge is 0.507 e. The standard InChI is InChI=1S/C38H29N7O11S2/c1-20-16-32(21(2)15-31(20)43-40-25-5-3-22(4-6-25)37(48)39-24-7-11-28(12-8-24)57-55-53-51)44-45-35-34(58-56-54-52)18-23-17-26(9-13-29(23)36(35)47)41-42-27-10-14-33(46)30(19-27)38(49)50/h3-19,46-47,51-52H,1-2H3,(H,39,48)(H,49,50). The maximum absolute atomic E-state index is 12.7. The molecule has 0 atom stereocenters. The predicted octanol–water partition coefficient (Wildman–Crippen LogP) is 11.9. The quantitative estimate of drug-likeness (QED) is 0.0244. The van der Waals surface area contributed by atoms with Crippen LogP contribution in [0.3, 0.4) is 0 Å². The molecule has 0 bridgehead atoms. The molecule has 0 heterocycles. The highest BCUT2D eigenvalue weighted by Gasteiger charge is 2.17. The van der Waals surface area contributed by atoms with Crippen LogP contribution in [-0.4, -0.2) is 37.7 Å². The minimum Gasteiger partial charge on any atom is -0.507 e. The van der Waals surface area contributed by atoms with E-state index < -0.39 is 11.7 Å². The molecule has 0 unspecified atom stereocenters. The van der Waals surface area contributed by atoms with Crippen molar-refractivity contribution in [2.75, 3.05) is 5.32 Å². The number of nitrogens with one attached hydrogen (secondary N) is 1. The molecule has 1 amide bonds. The summed E-state index contributed by atoms with van der Waals surface area (Å²) in [6.45, 7) is 3.63. The van der Waals surface area contributed by atoms with Gasteiger partial charge in [0.2, 0.25) is 0 Å². The molecule has 0 spiro atoms. The number of amides is 1. The first-order chi connectivity index (χ1) is 28.0. The Hall–Kier alpha value is -6.62. The molecule has 0 aromatic heterocycles. The van der Waals surface area contributed by atoms with Crippen molar-refractivity contribution in [1.82, 2.24) is 0 Å². The summed E-state index contributed by atoms with van der Waals surface area (Å²) >= 11 is 1.37. The average molecular weight is 824 g/mol. The van der Waals surface area contributed by atoms with Crippen LogP contribution < -0.4 is 5.32 Å². The first-order valence-electron chi connectivity index (χ1n) is 16.6. The van der Waals surface area contributed by atoms with Gasteiger partial charge in [-0.05, 0) is 133 Å². The number of carboxylic acid groups (broad SMARTS) is 1. The van der Waals surface area contributed by atoms with E-state index in [1.54, 1.807) is 91.9 Å². The summed E-state index contributed by atoms with van der Waals surface area (Å²) in [7, 11) is 0. The molecule has 0 fully saturated rings. The average Bonchev–Trinajstić information content (AvgIpc) is 3.22. The third kappa shape index (κ3) is 10.2. The lowest BCUT2D eigenvalue weighted by molar-refractivity contribution is -0.432. The van der Waals surface area contributed by atoms with Gasteiger partial charge in [-0.2, -0.15) is 25.6 Å². The van der Waals surface area contributed by atoms with Gasteiger partial charge in [0.1, 0.15) is 17.0 Å². The Bertz CT molecular complexity index is 2570. The van der Waals surface area contributed by atoms with Crippen molar-refractivity contribution < 1.29 is 54.2 Å². The molecule has 58 heavy (non-hydrogen) atoms. The molecule has 294 valence electrons. The molecule has 6 aromatic rings. The molecular weight excluding hydrogens is 795 g/mol. The van der Waals surface area contributed by atoms with Gasteiger partial charge in [-0.25, -0.2) is 15.3 Å². The van der Waals surface area contributed by atoms with Crippen LogP contribution in [0.15, 0.2) is 144 Å². The van der Waals surface area contributed by atoms with E-state index in [-0.39, 0.29) is 33.5 Å². The molecule has 0 aliphatic heterocycles. The van der Waals surface area contributed by atoms with Gasteiger partial charge in [-0.1, -0.05) is 10.1 Å². The van der Waals surface area contributed by atoms with E-state index in [0.29, 0.717) is 67.3 Å². The van der Waals surface area contributed by atoms with Crippen molar-refractivity contribution >= 4 is 86.5 Å². The first-order valence-corrected chi connectivity index (χ1v) is 18.0. The number of aromatic hydroxyl groups is 2. The summed E-state index contributed by atoms with van der Waals surface area (Å²) in [4.78, 5) is 25.0. The third-order valence-electron chi connectivity index (χ3n) is 8.13. The summed E-state index contributed by atoms with van der Waals surface area (Å²) in [6.07, 6.45) is 0. The fraction of sp³-hybridized carbons (Fsp3) is 0.0526. The number of carbonyl (C=O) groups is 2. The Labute approximate surface area is 336 Å². The summed E-state index contributed by atoms with van der Waals surface area (Å²) in [5.41, 5.74) is 4.16. The number of azo groups is 3. The highest BCUT2D eigenvalue weighted by atomic mass is 32.2. The van der Waals surface area contributed by atoms with Crippen molar-refractivity contribution in [1.29, 1.82) is 0 Å². The molecule has 6 N–H and O–H groups in total. The number of anilines is 1. The van der Waals surface area contributed by atoms with E-state index >= 15 is 0 Å². The SMILES string of the molecule is Cc1cc(N=Nc2c(SOOO)cc3cc(N=Nc4ccc(O)c(C(=O)O)c4)ccc3c2O)c(C)cc1N=Nc1ccc(C(=O)Nc2ccc(SOOO)cc2)cc1. The Balaban J connectivity index is 1.16. The third-order valence-corrected chi connectivity index (χ3v) is 9.34. The number of hydrogen-bond acceptors (Lipinski definition) is 18. The minimum absolute atomic E-state index is 0.0176. The molecule has 0 aliphatic rings. The number of benzene rings is 6. The molecule has 0 radical (unpaired) electrons. The van der Waals surface area contributed by atoms with E-state index in [1.807, 2.05) is 6.92 Å². The second-order valence-electron chi connectivity index (χ2n) is 12.0. The minimum atomic E-state index is -1.32. The Kier molecular flexibility index (Phi) is 13.4. The molecule has 0 saturated carbocycles. The molecule has 0 aliphatic carbocycles. The fourth-order valence-electron chi connectivity index (χ4n) is 5.23. The van der Waals surface area contributed by atoms with E-state index in [4.69, 9.17) is 10.5 Å². The normalized spacial score (nSPS) is 11.7. The molecule has 6 aromatic carbocycles. The molecule has 6 rings (SSSR count). The zero-order valence-electron chi connectivity index (χ0n) is 30.0. The number of phenolic OH excluding ortho intramolecular Hbond substituents is 1. The maximum atomic E-state index is 12.7. The molecule has 18 nitrogen and oxygen atoms in total. The van der Waals surface area contributed by atoms with Crippen molar-refractivity contribution in [2.45, 2.75) is 23.6 Å². The number of aromatic carboxylic acids is 1. The number of fused-ring (bicyclic) bond motifs is 1. The lowest BCUT2D eigenvalue weighted by atomic mass is 10.1. The zero-order chi connectivity index (χ0) is 41.2. The summed E-state index contributed by atoms with van der Waals surface area (Å²) < 4.78 is 9.05. The first kappa shape index (κ1) is 41.0. The van der Waals surface area contributed by atoms with Crippen LogP contribution in [0, 0.1) is 13.8 Å². The van der Waals surface area contributed by atoms with Gasteiger partial charge in [0.25, 0.3) is 5.91 Å². The summed E-state index contributed by atoms with van der Waals surface area (Å²) in [5, 5.41) is 84.0. The van der Waals surface area contributed by atoms with Gasteiger partial charge in [0.15, 0.2) is 5.75 Å². The van der Waals surface area contributed by atoms with Crippen LogP contribution in [0.1, 0.15) is 31.8 Å². The van der Waals surface area contributed by atoms with E-state index in [1.165, 1.54) is 18.2 Å². The topological polar surface area (TPSA) is 258 Å². The number of carbonyl (C=O) groups excluding carboxylic acids is 1. The van der Waals surface area contributed by atoms with Gasteiger partial charge in [-0.15, -0.1) is 13.8 Å². The number of phenols is 2. The molecule has 20 heteroatoms. The monoisotopic (exact) mass is 823 g/mol. The summed E-state index contributed by atoms with van der Waals surface area (Å²) in [5.74, 6) is -2.30. The zero-order valence-corrected chi connectivity index (χ0v) is 31.6. The van der Waals surface area contributed by atoms with Gasteiger partial charge in [0, 0.05) is 21.5 Å².